The zero-order chi connectivity index (χ0) is 23.2. The molecule has 2 aliphatic heterocycles. The van der Waals surface area contributed by atoms with Crippen LogP contribution < -0.4 is 5.32 Å². The monoisotopic (exact) mass is 457 g/mol. The highest BCUT2D eigenvalue weighted by molar-refractivity contribution is 5.83. The Balaban J connectivity index is 1.45. The van der Waals surface area contributed by atoms with Crippen LogP contribution in [0.3, 0.4) is 0 Å². The molecule has 1 aromatic carbocycles. The number of urea groups is 1. The molecule has 3 aromatic rings. The SMILES string of the molecule is CCNC(=O)N1CCC2(CCCn3nc(-c4cnc5ccc(C(F)(F)F)cc5c4)cc32)CC1. The first kappa shape index (κ1) is 21.7. The summed E-state index contributed by atoms with van der Waals surface area (Å²) < 4.78 is 41.5. The Morgan fingerprint density at radius 2 is 1.91 bits per heavy atom. The Bertz CT molecular complexity index is 1190. The number of hydrogen-bond acceptors (Lipinski definition) is 3. The zero-order valence-corrected chi connectivity index (χ0v) is 18.5. The van der Waals surface area contributed by atoms with Gasteiger partial charge in [0.25, 0.3) is 0 Å². The third-order valence-electron chi connectivity index (χ3n) is 6.99. The highest BCUT2D eigenvalue weighted by Crippen LogP contribution is 2.44. The van der Waals surface area contributed by atoms with Gasteiger partial charge in [-0.2, -0.15) is 18.3 Å². The Kier molecular flexibility index (Phi) is 5.29. The predicted molar refractivity (Wildman–Crippen MR) is 119 cm³/mol. The average Bonchev–Trinajstić information content (AvgIpc) is 3.24. The van der Waals surface area contributed by atoms with Crippen LogP contribution in [0.2, 0.25) is 0 Å². The number of carbonyl (C=O) groups is 1. The first-order valence-corrected chi connectivity index (χ1v) is 11.4. The first-order chi connectivity index (χ1) is 15.8. The molecular formula is C24H26F3N5O. The van der Waals surface area contributed by atoms with E-state index in [0.29, 0.717) is 36.1 Å². The van der Waals surface area contributed by atoms with Crippen molar-refractivity contribution in [3.05, 3.63) is 47.8 Å². The van der Waals surface area contributed by atoms with E-state index in [1.54, 1.807) is 12.3 Å². The second-order valence-electron chi connectivity index (χ2n) is 8.97. The van der Waals surface area contributed by atoms with Gasteiger partial charge in [-0.05, 0) is 62.9 Å². The van der Waals surface area contributed by atoms with Gasteiger partial charge in [-0.15, -0.1) is 0 Å². The number of rotatable bonds is 2. The maximum Gasteiger partial charge on any atom is 0.416 e. The number of nitrogens with zero attached hydrogens (tertiary/aromatic N) is 4. The number of nitrogens with one attached hydrogen (secondary N) is 1. The van der Waals surface area contributed by atoms with Crippen LogP contribution in [0.4, 0.5) is 18.0 Å². The van der Waals surface area contributed by atoms with Crippen molar-refractivity contribution in [2.45, 2.75) is 50.7 Å². The van der Waals surface area contributed by atoms with Gasteiger partial charge in [0, 0.05) is 54.4 Å². The predicted octanol–water partition coefficient (Wildman–Crippen LogP) is 4.97. The fourth-order valence-electron chi connectivity index (χ4n) is 5.21. The van der Waals surface area contributed by atoms with Gasteiger partial charge in [0.15, 0.2) is 0 Å². The average molecular weight is 458 g/mol. The first-order valence-electron chi connectivity index (χ1n) is 11.4. The van der Waals surface area contributed by atoms with Crippen molar-refractivity contribution in [1.29, 1.82) is 0 Å². The third-order valence-corrected chi connectivity index (χ3v) is 6.99. The molecule has 2 aromatic heterocycles. The van der Waals surface area contributed by atoms with Crippen molar-refractivity contribution in [2.75, 3.05) is 19.6 Å². The summed E-state index contributed by atoms with van der Waals surface area (Å²) in [5.41, 5.74) is 2.40. The summed E-state index contributed by atoms with van der Waals surface area (Å²) in [6, 6.07) is 7.38. The van der Waals surface area contributed by atoms with E-state index in [9.17, 15) is 18.0 Å². The summed E-state index contributed by atoms with van der Waals surface area (Å²) in [4.78, 5) is 18.5. The van der Waals surface area contributed by atoms with Crippen LogP contribution in [0.15, 0.2) is 36.5 Å². The van der Waals surface area contributed by atoms with Gasteiger partial charge in [-0.3, -0.25) is 9.67 Å². The van der Waals surface area contributed by atoms with Gasteiger partial charge in [0.05, 0.1) is 16.8 Å². The molecule has 33 heavy (non-hydrogen) atoms. The Morgan fingerprint density at radius 3 is 2.64 bits per heavy atom. The summed E-state index contributed by atoms with van der Waals surface area (Å²) in [7, 11) is 0. The molecule has 0 aliphatic carbocycles. The summed E-state index contributed by atoms with van der Waals surface area (Å²) in [5, 5.41) is 8.11. The van der Waals surface area contributed by atoms with Crippen molar-refractivity contribution in [2.24, 2.45) is 0 Å². The van der Waals surface area contributed by atoms with Crippen molar-refractivity contribution in [1.82, 2.24) is 25.0 Å². The molecule has 1 fully saturated rings. The lowest BCUT2D eigenvalue weighted by Crippen LogP contribution is -2.50. The second-order valence-corrected chi connectivity index (χ2v) is 8.97. The summed E-state index contributed by atoms with van der Waals surface area (Å²) in [5.74, 6) is 0. The summed E-state index contributed by atoms with van der Waals surface area (Å²) in [6.45, 7) is 4.74. The van der Waals surface area contributed by atoms with E-state index in [-0.39, 0.29) is 11.4 Å². The van der Waals surface area contributed by atoms with Crippen molar-refractivity contribution in [3.8, 4) is 11.3 Å². The smallest absolute Gasteiger partial charge is 0.338 e. The molecule has 5 rings (SSSR count). The molecule has 1 saturated heterocycles. The molecule has 0 bridgehead atoms. The van der Waals surface area contributed by atoms with E-state index in [1.807, 2.05) is 16.5 Å². The Hall–Kier alpha value is -3.10. The van der Waals surface area contributed by atoms with Gasteiger partial charge < -0.3 is 10.2 Å². The number of hydrogen-bond donors (Lipinski definition) is 1. The van der Waals surface area contributed by atoms with E-state index in [0.717, 1.165) is 55.7 Å². The van der Waals surface area contributed by atoms with Crippen molar-refractivity contribution in [3.63, 3.8) is 0 Å². The van der Waals surface area contributed by atoms with E-state index >= 15 is 0 Å². The summed E-state index contributed by atoms with van der Waals surface area (Å²) in [6.07, 6.45) is 1.09. The lowest BCUT2D eigenvalue weighted by Gasteiger charge is -2.44. The number of fused-ring (bicyclic) bond motifs is 3. The molecular weight excluding hydrogens is 431 g/mol. The number of benzene rings is 1. The van der Waals surface area contributed by atoms with Gasteiger partial charge in [0.1, 0.15) is 0 Å². The molecule has 6 nitrogen and oxygen atoms in total. The van der Waals surface area contributed by atoms with E-state index in [4.69, 9.17) is 5.10 Å². The van der Waals surface area contributed by atoms with Crippen LogP contribution >= 0.6 is 0 Å². The number of alkyl halides is 3. The molecule has 0 radical (unpaired) electrons. The molecule has 174 valence electrons. The fourth-order valence-corrected chi connectivity index (χ4v) is 5.21. The number of amides is 2. The zero-order valence-electron chi connectivity index (χ0n) is 18.5. The molecule has 0 atom stereocenters. The molecule has 2 amide bonds. The lowest BCUT2D eigenvalue weighted by atomic mass is 9.70. The topological polar surface area (TPSA) is 63.1 Å². The van der Waals surface area contributed by atoms with Gasteiger partial charge in [-0.1, -0.05) is 0 Å². The minimum absolute atomic E-state index is 0.0159. The quantitative estimate of drug-likeness (QED) is 0.591. The highest BCUT2D eigenvalue weighted by Gasteiger charge is 2.41. The third kappa shape index (κ3) is 3.94. The number of carbonyl (C=O) groups excluding carboxylic acids is 1. The van der Waals surface area contributed by atoms with Crippen LogP contribution in [0.1, 0.15) is 43.9 Å². The van der Waals surface area contributed by atoms with E-state index in [1.165, 1.54) is 6.07 Å². The van der Waals surface area contributed by atoms with Crippen molar-refractivity contribution >= 4 is 16.9 Å². The lowest BCUT2D eigenvalue weighted by molar-refractivity contribution is -0.137. The minimum atomic E-state index is -4.40. The van der Waals surface area contributed by atoms with Gasteiger partial charge >= 0.3 is 12.2 Å². The van der Waals surface area contributed by atoms with Crippen LogP contribution in [0.25, 0.3) is 22.2 Å². The molecule has 0 unspecified atom stereocenters. The van der Waals surface area contributed by atoms with Crippen LogP contribution in [0.5, 0.6) is 0 Å². The maximum atomic E-state index is 13.2. The molecule has 4 heterocycles. The van der Waals surface area contributed by atoms with Gasteiger partial charge in [-0.25, -0.2) is 4.79 Å². The molecule has 0 saturated carbocycles. The molecule has 2 aliphatic rings. The fraction of sp³-hybridized carbons (Fsp3) is 0.458. The minimum Gasteiger partial charge on any atom is -0.338 e. The van der Waals surface area contributed by atoms with Crippen LogP contribution in [-0.2, 0) is 18.1 Å². The number of pyridine rings is 1. The number of halogens is 3. The number of piperidine rings is 1. The van der Waals surface area contributed by atoms with Crippen LogP contribution in [0, 0.1) is 0 Å². The molecule has 1 spiro atoms. The normalized spacial score (nSPS) is 17.9. The highest BCUT2D eigenvalue weighted by atomic mass is 19.4. The summed E-state index contributed by atoms with van der Waals surface area (Å²) >= 11 is 0. The molecule has 1 N–H and O–H groups in total. The standard InChI is InChI=1S/C24H26F3N5O/c1-2-28-22(33)31-10-7-23(8-11-31)6-3-9-32-21(23)14-20(30-32)17-12-16-13-18(24(25,26)27)4-5-19(16)29-15-17/h4-5,12-15H,2-3,6-11H2,1H3,(H,28,33). The Morgan fingerprint density at radius 1 is 1.12 bits per heavy atom. The van der Waals surface area contributed by atoms with E-state index < -0.39 is 11.7 Å². The number of likely N-dealkylation sites (tertiary alicyclic amines) is 1. The van der Waals surface area contributed by atoms with Crippen molar-refractivity contribution < 1.29 is 18.0 Å². The largest absolute Gasteiger partial charge is 0.416 e. The molecule has 9 heteroatoms. The number of aromatic nitrogens is 3. The Labute approximate surface area is 189 Å². The van der Waals surface area contributed by atoms with Gasteiger partial charge in [0.2, 0.25) is 0 Å². The van der Waals surface area contributed by atoms with E-state index in [2.05, 4.69) is 16.4 Å². The maximum absolute atomic E-state index is 13.2. The van der Waals surface area contributed by atoms with Crippen LogP contribution in [-0.4, -0.2) is 45.3 Å². The second kappa shape index (κ2) is 8.04. The number of aryl methyl sites for hydroxylation is 1.